The molecule has 1 atom stereocenters. The Kier molecular flexibility index (Phi) is 3.40. The molecule has 1 heterocycles. The number of nitrogens with one attached hydrogen (secondary N) is 1. The molecule has 0 aliphatic rings. The molecule has 0 bridgehead atoms. The van der Waals surface area contributed by atoms with Gasteiger partial charge in [-0.3, -0.25) is 4.21 Å². The molecule has 0 saturated heterocycles. The average Bonchev–Trinajstić information content (AvgIpc) is 2.90. The van der Waals surface area contributed by atoms with Crippen LogP contribution in [0.2, 0.25) is 0 Å². The summed E-state index contributed by atoms with van der Waals surface area (Å²) in [4.78, 5) is 3.85. The van der Waals surface area contributed by atoms with Gasteiger partial charge in [0, 0.05) is 32.8 Å². The summed E-state index contributed by atoms with van der Waals surface area (Å²) in [6, 6.07) is 14.3. The van der Waals surface area contributed by atoms with Crippen LogP contribution >= 0.6 is 0 Å². The maximum Gasteiger partial charge on any atom is 0.132 e. The zero-order valence-corrected chi connectivity index (χ0v) is 11.8. The third-order valence-corrected chi connectivity index (χ3v) is 4.59. The van der Waals surface area contributed by atoms with Crippen LogP contribution in [-0.4, -0.2) is 14.9 Å². The maximum atomic E-state index is 14.0. The molecular formula is C16H14FNOS. The van der Waals surface area contributed by atoms with Gasteiger partial charge in [0.2, 0.25) is 0 Å². The lowest BCUT2D eigenvalue weighted by molar-refractivity contribution is 0.629. The molecule has 2 aromatic carbocycles. The molecule has 2 nitrogen and oxygen atoms in total. The van der Waals surface area contributed by atoms with Crippen molar-refractivity contribution < 1.29 is 8.60 Å². The number of H-pyrrole nitrogens is 1. The van der Waals surface area contributed by atoms with Gasteiger partial charge >= 0.3 is 0 Å². The van der Waals surface area contributed by atoms with Gasteiger partial charge in [-0.1, -0.05) is 25.1 Å². The molecule has 0 saturated carbocycles. The second-order valence-electron chi connectivity index (χ2n) is 4.55. The van der Waals surface area contributed by atoms with Gasteiger partial charge in [0.05, 0.1) is 10.8 Å². The first kappa shape index (κ1) is 13.1. The third-order valence-electron chi connectivity index (χ3n) is 3.28. The summed E-state index contributed by atoms with van der Waals surface area (Å²) in [5, 5.41) is 1.03. The van der Waals surface area contributed by atoms with Crippen molar-refractivity contribution in [2.75, 3.05) is 5.75 Å². The summed E-state index contributed by atoms with van der Waals surface area (Å²) in [6.07, 6.45) is 0. The first-order chi connectivity index (χ1) is 9.69. The van der Waals surface area contributed by atoms with E-state index >= 15 is 0 Å². The zero-order chi connectivity index (χ0) is 14.1. The van der Waals surface area contributed by atoms with Crippen molar-refractivity contribution in [3.63, 3.8) is 0 Å². The van der Waals surface area contributed by atoms with E-state index < -0.39 is 10.8 Å². The first-order valence-corrected chi connectivity index (χ1v) is 7.77. The lowest BCUT2D eigenvalue weighted by Crippen LogP contribution is -1.95. The van der Waals surface area contributed by atoms with Crippen LogP contribution in [0.25, 0.3) is 22.2 Å². The fourth-order valence-corrected chi connectivity index (χ4v) is 3.04. The number of hydrogen-bond acceptors (Lipinski definition) is 1. The van der Waals surface area contributed by atoms with E-state index in [4.69, 9.17) is 0 Å². The smallest absolute Gasteiger partial charge is 0.132 e. The number of rotatable bonds is 3. The second kappa shape index (κ2) is 5.21. The third kappa shape index (κ3) is 2.27. The molecule has 0 radical (unpaired) electrons. The van der Waals surface area contributed by atoms with Gasteiger partial charge in [0.25, 0.3) is 0 Å². The van der Waals surface area contributed by atoms with Gasteiger partial charge in [-0.15, -0.1) is 0 Å². The number of benzene rings is 2. The van der Waals surface area contributed by atoms with E-state index in [1.54, 1.807) is 12.1 Å². The summed E-state index contributed by atoms with van der Waals surface area (Å²) in [5.74, 6) is 0.214. The Hall–Kier alpha value is -1.94. The lowest BCUT2D eigenvalue weighted by atomic mass is 10.1. The number of aromatic nitrogens is 1. The lowest BCUT2D eigenvalue weighted by Gasteiger charge is -2.04. The van der Waals surface area contributed by atoms with E-state index in [9.17, 15) is 8.60 Å². The molecule has 0 aliphatic heterocycles. The molecule has 1 aromatic heterocycles. The van der Waals surface area contributed by atoms with Crippen LogP contribution in [0.4, 0.5) is 4.39 Å². The highest BCUT2D eigenvalue weighted by Crippen LogP contribution is 2.28. The summed E-state index contributed by atoms with van der Waals surface area (Å²) >= 11 is 0. The molecule has 20 heavy (non-hydrogen) atoms. The van der Waals surface area contributed by atoms with Crippen LogP contribution < -0.4 is 0 Å². The Bertz CT molecular complexity index is 761. The van der Waals surface area contributed by atoms with E-state index in [2.05, 4.69) is 4.98 Å². The SMILES string of the molecule is CC[S@@](=O)c1ccc(F)c(-c2cc3ccccc3[nH]2)c1. The fraction of sp³-hybridized carbons (Fsp3) is 0.125. The minimum atomic E-state index is -1.08. The molecule has 0 aliphatic carbocycles. The van der Waals surface area contributed by atoms with Crippen LogP contribution in [0.1, 0.15) is 6.92 Å². The predicted octanol–water partition coefficient (Wildman–Crippen LogP) is 4.10. The van der Waals surface area contributed by atoms with Crippen molar-refractivity contribution in [2.45, 2.75) is 11.8 Å². The molecule has 3 rings (SSSR count). The van der Waals surface area contributed by atoms with Crippen LogP contribution in [0.15, 0.2) is 53.4 Å². The van der Waals surface area contributed by atoms with Crippen LogP contribution in [-0.2, 0) is 10.8 Å². The molecular weight excluding hydrogens is 273 g/mol. The van der Waals surface area contributed by atoms with E-state index in [1.165, 1.54) is 6.07 Å². The highest BCUT2D eigenvalue weighted by molar-refractivity contribution is 7.85. The number of halogens is 1. The van der Waals surface area contributed by atoms with Crippen molar-refractivity contribution in [2.24, 2.45) is 0 Å². The standard InChI is InChI=1S/C16H14FNOS/c1-2-20(19)12-7-8-14(17)13(10-12)16-9-11-5-3-4-6-15(11)18-16/h3-10,18H,2H2,1H3/t20-/m1/s1. The average molecular weight is 287 g/mol. The van der Waals surface area contributed by atoms with Crippen molar-refractivity contribution in [1.29, 1.82) is 0 Å². The van der Waals surface area contributed by atoms with Gasteiger partial charge in [-0.05, 0) is 30.3 Å². The largest absolute Gasteiger partial charge is 0.354 e. The van der Waals surface area contributed by atoms with Gasteiger partial charge in [-0.2, -0.15) is 0 Å². The van der Waals surface area contributed by atoms with Gasteiger partial charge < -0.3 is 4.98 Å². The van der Waals surface area contributed by atoms with Gasteiger partial charge in [0.15, 0.2) is 0 Å². The minimum absolute atomic E-state index is 0.312. The number of para-hydroxylation sites is 1. The summed E-state index contributed by atoms with van der Waals surface area (Å²) < 4.78 is 25.9. The highest BCUT2D eigenvalue weighted by Gasteiger charge is 2.11. The van der Waals surface area contributed by atoms with E-state index in [0.29, 0.717) is 21.9 Å². The number of aromatic amines is 1. The highest BCUT2D eigenvalue weighted by atomic mass is 32.2. The second-order valence-corrected chi connectivity index (χ2v) is 6.29. The van der Waals surface area contributed by atoms with E-state index in [1.807, 2.05) is 37.3 Å². The summed E-state index contributed by atoms with van der Waals surface area (Å²) in [5.41, 5.74) is 2.13. The molecule has 4 heteroatoms. The Labute approximate surface area is 119 Å². The van der Waals surface area contributed by atoms with Crippen molar-refractivity contribution in [1.82, 2.24) is 4.98 Å². The summed E-state index contributed by atoms with van der Waals surface area (Å²) in [7, 11) is -1.08. The van der Waals surface area contributed by atoms with Crippen LogP contribution in [0.3, 0.4) is 0 Å². The Morgan fingerprint density at radius 1 is 1.15 bits per heavy atom. The van der Waals surface area contributed by atoms with E-state index in [-0.39, 0.29) is 5.82 Å². The topological polar surface area (TPSA) is 32.9 Å². The first-order valence-electron chi connectivity index (χ1n) is 6.45. The number of hydrogen-bond donors (Lipinski definition) is 1. The van der Waals surface area contributed by atoms with E-state index in [0.717, 1.165) is 10.9 Å². The minimum Gasteiger partial charge on any atom is -0.354 e. The molecule has 1 N–H and O–H groups in total. The van der Waals surface area contributed by atoms with Gasteiger partial charge in [0.1, 0.15) is 5.82 Å². The zero-order valence-electron chi connectivity index (χ0n) is 11.0. The van der Waals surface area contributed by atoms with Crippen molar-refractivity contribution >= 4 is 21.7 Å². The van der Waals surface area contributed by atoms with Crippen molar-refractivity contribution in [3.8, 4) is 11.3 Å². The number of fused-ring (bicyclic) bond motifs is 1. The Morgan fingerprint density at radius 2 is 1.95 bits per heavy atom. The molecule has 0 spiro atoms. The van der Waals surface area contributed by atoms with Crippen molar-refractivity contribution in [3.05, 3.63) is 54.3 Å². The summed E-state index contributed by atoms with van der Waals surface area (Å²) in [6.45, 7) is 1.85. The van der Waals surface area contributed by atoms with Gasteiger partial charge in [-0.25, -0.2) is 4.39 Å². The maximum absolute atomic E-state index is 14.0. The molecule has 3 aromatic rings. The van der Waals surface area contributed by atoms with Crippen LogP contribution in [0, 0.1) is 5.82 Å². The monoisotopic (exact) mass is 287 g/mol. The fourth-order valence-electron chi connectivity index (χ4n) is 2.24. The quantitative estimate of drug-likeness (QED) is 0.773. The Morgan fingerprint density at radius 3 is 2.70 bits per heavy atom. The van der Waals surface area contributed by atoms with Crippen LogP contribution in [0.5, 0.6) is 0 Å². The normalized spacial score (nSPS) is 12.7. The molecule has 102 valence electrons. The Balaban J connectivity index is 2.15. The molecule has 0 fully saturated rings. The molecule has 0 unspecified atom stereocenters. The predicted molar refractivity (Wildman–Crippen MR) is 80.6 cm³/mol. The molecule has 0 amide bonds.